The molecule has 0 fully saturated rings. The minimum atomic E-state index is -0.789. The number of carbonyl (C=O) groups is 2. The average Bonchev–Trinajstić information content (AvgIpc) is 2.41. The second-order valence-electron chi connectivity index (χ2n) is 6.38. The fourth-order valence-corrected chi connectivity index (χ4v) is 2.09. The normalized spacial score (nSPS) is 12.3. The number of carbonyl (C=O) groups excluding carboxylic acids is 2. The Bertz CT molecular complexity index is 594. The molecule has 0 aliphatic carbocycles. The fourth-order valence-electron chi connectivity index (χ4n) is 1.97. The van der Waals surface area contributed by atoms with Crippen LogP contribution in [0.25, 0.3) is 0 Å². The number of rotatable bonds is 6. The lowest BCUT2D eigenvalue weighted by molar-refractivity contribution is -0.157. The van der Waals surface area contributed by atoms with E-state index in [1.807, 2.05) is 19.1 Å². The number of esters is 1. The molecule has 0 saturated carbocycles. The highest BCUT2D eigenvalue weighted by molar-refractivity contribution is 7.80. The Labute approximate surface area is 142 Å². The number of nitrogens with one attached hydrogen (secondary N) is 1. The van der Waals surface area contributed by atoms with E-state index in [2.05, 4.69) is 5.32 Å². The van der Waals surface area contributed by atoms with Crippen LogP contribution in [0.1, 0.15) is 49.5 Å². The molecule has 1 unspecified atom stereocenters. The Morgan fingerprint density at radius 2 is 1.91 bits per heavy atom. The van der Waals surface area contributed by atoms with E-state index < -0.39 is 17.6 Å². The molecule has 1 rings (SSSR count). The lowest BCUT2D eigenvalue weighted by atomic mass is 10.1. The molecule has 23 heavy (non-hydrogen) atoms. The van der Waals surface area contributed by atoms with Crippen LogP contribution in [0.4, 0.5) is 0 Å². The summed E-state index contributed by atoms with van der Waals surface area (Å²) in [7, 11) is 0. The maximum atomic E-state index is 12.4. The Morgan fingerprint density at radius 3 is 2.43 bits per heavy atom. The van der Waals surface area contributed by atoms with Crippen molar-refractivity contribution in [1.82, 2.24) is 5.32 Å². The van der Waals surface area contributed by atoms with Gasteiger partial charge in [-0.3, -0.25) is 4.79 Å². The first-order valence-corrected chi connectivity index (χ1v) is 7.88. The van der Waals surface area contributed by atoms with Crippen molar-refractivity contribution in [2.24, 2.45) is 5.73 Å². The molecule has 1 atom stereocenters. The van der Waals surface area contributed by atoms with Crippen LogP contribution in [0.15, 0.2) is 24.3 Å². The number of hydrogen-bond acceptors (Lipinski definition) is 4. The van der Waals surface area contributed by atoms with E-state index in [1.165, 1.54) is 0 Å². The zero-order chi connectivity index (χ0) is 17.6. The molecule has 1 amide bonds. The third-order valence-corrected chi connectivity index (χ3v) is 3.27. The molecule has 0 spiro atoms. The first-order chi connectivity index (χ1) is 10.6. The SMILES string of the molecule is Cc1ccccc1C(=O)NC(CCC(N)=S)C(=O)OC(C)(C)C. The predicted molar refractivity (Wildman–Crippen MR) is 94.3 cm³/mol. The highest BCUT2D eigenvalue weighted by Crippen LogP contribution is 2.13. The maximum Gasteiger partial charge on any atom is 0.329 e. The second-order valence-corrected chi connectivity index (χ2v) is 6.90. The van der Waals surface area contributed by atoms with Crippen LogP contribution in [0.5, 0.6) is 0 Å². The minimum Gasteiger partial charge on any atom is -0.458 e. The summed E-state index contributed by atoms with van der Waals surface area (Å²) >= 11 is 4.85. The summed E-state index contributed by atoms with van der Waals surface area (Å²) in [6, 6.07) is 6.39. The van der Waals surface area contributed by atoms with Crippen molar-refractivity contribution in [3.05, 3.63) is 35.4 Å². The van der Waals surface area contributed by atoms with Crippen molar-refractivity contribution in [2.45, 2.75) is 52.2 Å². The van der Waals surface area contributed by atoms with Crippen molar-refractivity contribution < 1.29 is 14.3 Å². The highest BCUT2D eigenvalue weighted by Gasteiger charge is 2.27. The lowest BCUT2D eigenvalue weighted by Gasteiger charge is -2.24. The van der Waals surface area contributed by atoms with E-state index in [9.17, 15) is 9.59 Å². The minimum absolute atomic E-state index is 0.295. The predicted octanol–water partition coefficient (Wildman–Crippen LogP) is 2.50. The number of hydrogen-bond donors (Lipinski definition) is 2. The van der Waals surface area contributed by atoms with Crippen LogP contribution in [0.2, 0.25) is 0 Å². The number of nitrogens with two attached hydrogens (primary N) is 1. The van der Waals surface area contributed by atoms with E-state index in [-0.39, 0.29) is 5.91 Å². The van der Waals surface area contributed by atoms with Crippen molar-refractivity contribution >= 4 is 29.1 Å². The Morgan fingerprint density at radius 1 is 1.30 bits per heavy atom. The van der Waals surface area contributed by atoms with Crippen LogP contribution in [-0.4, -0.2) is 28.5 Å². The Balaban J connectivity index is 2.87. The molecular weight excluding hydrogens is 312 g/mol. The van der Waals surface area contributed by atoms with Gasteiger partial charge in [-0.15, -0.1) is 0 Å². The summed E-state index contributed by atoms with van der Waals surface area (Å²) in [4.78, 5) is 25.0. The number of amides is 1. The topological polar surface area (TPSA) is 81.4 Å². The van der Waals surface area contributed by atoms with E-state index in [0.717, 1.165) is 5.56 Å². The van der Waals surface area contributed by atoms with Gasteiger partial charge in [0.05, 0.1) is 4.99 Å². The number of aryl methyl sites for hydroxylation is 1. The Kier molecular flexibility index (Phi) is 6.69. The van der Waals surface area contributed by atoms with Crippen LogP contribution in [0.3, 0.4) is 0 Å². The molecule has 0 saturated heterocycles. The first kappa shape index (κ1) is 19.1. The second kappa shape index (κ2) is 8.06. The molecule has 0 radical (unpaired) electrons. The molecule has 3 N–H and O–H groups in total. The van der Waals surface area contributed by atoms with Crippen molar-refractivity contribution in [2.75, 3.05) is 0 Å². The van der Waals surface area contributed by atoms with Gasteiger partial charge in [-0.2, -0.15) is 0 Å². The van der Waals surface area contributed by atoms with E-state index in [0.29, 0.717) is 23.4 Å². The molecule has 0 bridgehead atoms. The molecule has 0 aromatic heterocycles. The van der Waals surface area contributed by atoms with Gasteiger partial charge in [0.2, 0.25) is 0 Å². The summed E-state index contributed by atoms with van der Waals surface area (Å²) in [6.45, 7) is 7.17. The molecular formula is C17H24N2O3S. The van der Waals surface area contributed by atoms with Gasteiger partial charge < -0.3 is 15.8 Å². The molecule has 6 heteroatoms. The van der Waals surface area contributed by atoms with E-state index >= 15 is 0 Å². The van der Waals surface area contributed by atoms with Gasteiger partial charge in [0.25, 0.3) is 5.91 Å². The quantitative estimate of drug-likeness (QED) is 0.616. The molecule has 1 aromatic rings. The summed E-state index contributed by atoms with van der Waals surface area (Å²) in [5.74, 6) is -0.808. The van der Waals surface area contributed by atoms with Gasteiger partial charge in [0.15, 0.2) is 0 Å². The van der Waals surface area contributed by atoms with Crippen molar-refractivity contribution in [3.8, 4) is 0 Å². The summed E-state index contributed by atoms with van der Waals surface area (Å²) in [5, 5.41) is 2.72. The average molecular weight is 336 g/mol. The zero-order valence-corrected chi connectivity index (χ0v) is 14.8. The van der Waals surface area contributed by atoms with Crippen LogP contribution >= 0.6 is 12.2 Å². The maximum absolute atomic E-state index is 12.4. The van der Waals surface area contributed by atoms with Gasteiger partial charge in [-0.1, -0.05) is 30.4 Å². The largest absolute Gasteiger partial charge is 0.458 e. The fraction of sp³-hybridized carbons (Fsp3) is 0.471. The van der Waals surface area contributed by atoms with E-state index in [4.69, 9.17) is 22.7 Å². The zero-order valence-electron chi connectivity index (χ0n) is 14.0. The van der Waals surface area contributed by atoms with Gasteiger partial charge in [0.1, 0.15) is 11.6 Å². The third kappa shape index (κ3) is 6.78. The van der Waals surface area contributed by atoms with Gasteiger partial charge in [-0.05, 0) is 45.7 Å². The molecule has 0 aliphatic heterocycles. The van der Waals surface area contributed by atoms with Gasteiger partial charge >= 0.3 is 5.97 Å². The van der Waals surface area contributed by atoms with Gasteiger partial charge in [-0.25, -0.2) is 4.79 Å². The van der Waals surface area contributed by atoms with Gasteiger partial charge in [0, 0.05) is 12.0 Å². The number of ether oxygens (including phenoxy) is 1. The van der Waals surface area contributed by atoms with Crippen LogP contribution < -0.4 is 11.1 Å². The summed E-state index contributed by atoms with van der Waals surface area (Å²) in [6.07, 6.45) is 0.662. The number of thiocarbonyl (C=S) groups is 1. The standard InChI is InChI=1S/C17H24N2O3S/c1-11-7-5-6-8-12(11)15(20)19-13(9-10-14(18)23)16(21)22-17(2,3)4/h5-8,13H,9-10H2,1-4H3,(H2,18,23)(H,19,20). The molecule has 0 heterocycles. The number of benzene rings is 1. The Hall–Kier alpha value is -1.95. The molecule has 1 aromatic carbocycles. The monoisotopic (exact) mass is 336 g/mol. The smallest absolute Gasteiger partial charge is 0.329 e. The molecule has 0 aliphatic rings. The van der Waals surface area contributed by atoms with Crippen molar-refractivity contribution in [1.29, 1.82) is 0 Å². The summed E-state index contributed by atoms with van der Waals surface area (Å²) < 4.78 is 5.36. The third-order valence-electron chi connectivity index (χ3n) is 3.07. The lowest BCUT2D eigenvalue weighted by Crippen LogP contribution is -2.44. The van der Waals surface area contributed by atoms with E-state index in [1.54, 1.807) is 32.9 Å². The van der Waals surface area contributed by atoms with Crippen LogP contribution in [0, 0.1) is 6.92 Å². The first-order valence-electron chi connectivity index (χ1n) is 7.48. The molecule has 126 valence electrons. The summed E-state index contributed by atoms with van der Waals surface area (Å²) in [5.41, 5.74) is 6.23. The molecule has 5 nitrogen and oxygen atoms in total. The highest BCUT2D eigenvalue weighted by atomic mass is 32.1. The van der Waals surface area contributed by atoms with Crippen molar-refractivity contribution in [3.63, 3.8) is 0 Å². The van der Waals surface area contributed by atoms with Crippen LogP contribution in [-0.2, 0) is 9.53 Å².